The largest absolute Gasteiger partial charge is 0.383 e. The molecule has 1 aromatic carbocycles. The molecule has 8 nitrogen and oxygen atoms in total. The van der Waals surface area contributed by atoms with Gasteiger partial charge in [0.25, 0.3) is 5.91 Å². The molecule has 3 aromatic rings. The zero-order valence-corrected chi connectivity index (χ0v) is 20.9. The number of thioether (sulfide) groups is 1. The molecule has 1 aliphatic rings. The third-order valence-electron chi connectivity index (χ3n) is 5.33. The zero-order valence-electron chi connectivity index (χ0n) is 19.3. The maximum atomic E-state index is 12.6. The van der Waals surface area contributed by atoms with Crippen molar-refractivity contribution in [3.63, 3.8) is 0 Å². The second-order valence-corrected chi connectivity index (χ2v) is 9.26. The highest BCUT2D eigenvalue weighted by molar-refractivity contribution is 8.18. The van der Waals surface area contributed by atoms with Crippen LogP contribution < -0.4 is 0 Å². The number of ether oxygens (including phenoxy) is 2. The molecule has 2 aromatic heterocycles. The molecule has 1 amide bonds. The van der Waals surface area contributed by atoms with Gasteiger partial charge in [0.15, 0.2) is 5.17 Å². The number of amides is 1. The molecule has 34 heavy (non-hydrogen) atoms. The molecule has 0 unspecified atom stereocenters. The van der Waals surface area contributed by atoms with E-state index in [2.05, 4.69) is 15.1 Å². The molecule has 0 atom stereocenters. The predicted molar refractivity (Wildman–Crippen MR) is 136 cm³/mol. The number of rotatable bonds is 9. The highest BCUT2D eigenvalue weighted by atomic mass is 35.5. The van der Waals surface area contributed by atoms with Gasteiger partial charge in [0.1, 0.15) is 0 Å². The van der Waals surface area contributed by atoms with Crippen LogP contribution in [0.3, 0.4) is 0 Å². The number of halogens is 1. The monoisotopic (exact) mass is 499 g/mol. The Morgan fingerprint density at radius 1 is 1.15 bits per heavy atom. The van der Waals surface area contributed by atoms with Crippen molar-refractivity contribution in [1.29, 1.82) is 0 Å². The quantitative estimate of drug-likeness (QED) is 0.411. The van der Waals surface area contributed by atoms with Crippen LogP contribution in [0.25, 0.3) is 17.0 Å². The number of nitrogens with zero attached hydrogens (tertiary/aromatic N) is 5. The van der Waals surface area contributed by atoms with Gasteiger partial charge in [0.05, 0.1) is 47.1 Å². The van der Waals surface area contributed by atoms with Crippen LogP contribution in [-0.4, -0.2) is 71.3 Å². The molecule has 1 aliphatic heterocycles. The van der Waals surface area contributed by atoms with Crippen LogP contribution in [0, 0.1) is 6.92 Å². The summed E-state index contributed by atoms with van der Waals surface area (Å²) in [6.45, 7) is 4.79. The van der Waals surface area contributed by atoms with Crippen molar-refractivity contribution in [2.45, 2.75) is 13.5 Å². The van der Waals surface area contributed by atoms with Crippen molar-refractivity contribution in [3.05, 3.63) is 63.4 Å². The van der Waals surface area contributed by atoms with E-state index in [0.29, 0.717) is 47.9 Å². The normalized spacial score (nSPS) is 14.9. The Morgan fingerprint density at radius 2 is 1.91 bits per heavy atom. The molecule has 178 valence electrons. The molecule has 0 saturated carbocycles. The van der Waals surface area contributed by atoms with E-state index in [-0.39, 0.29) is 5.91 Å². The standard InChI is InChI=1S/C24H26ClN5O3S/c1-16-10-19(25)20(26-13-16)15-30-21-5-4-17(11-18(21)14-27-30)12-22-23(31)28-24(34-22)29(6-8-32-2)7-9-33-3/h4-5,10-14H,6-9,15H2,1-3H3/b22-12-. The van der Waals surface area contributed by atoms with Gasteiger partial charge in [-0.2, -0.15) is 10.1 Å². The van der Waals surface area contributed by atoms with Crippen molar-refractivity contribution < 1.29 is 14.3 Å². The second-order valence-electron chi connectivity index (χ2n) is 7.84. The van der Waals surface area contributed by atoms with Crippen LogP contribution in [0.4, 0.5) is 0 Å². The van der Waals surface area contributed by atoms with Crippen molar-refractivity contribution in [1.82, 2.24) is 19.7 Å². The predicted octanol–water partition coefficient (Wildman–Crippen LogP) is 4.01. The summed E-state index contributed by atoms with van der Waals surface area (Å²) in [5.41, 5.74) is 3.66. The number of aromatic nitrogens is 3. The number of carbonyl (C=O) groups excluding carboxylic acids is 1. The minimum atomic E-state index is -0.240. The molecule has 0 bridgehead atoms. The lowest BCUT2D eigenvalue weighted by Crippen LogP contribution is -2.34. The zero-order chi connectivity index (χ0) is 24.1. The number of carbonyl (C=O) groups is 1. The summed E-state index contributed by atoms with van der Waals surface area (Å²) in [5, 5.41) is 6.77. The highest BCUT2D eigenvalue weighted by Gasteiger charge is 2.26. The van der Waals surface area contributed by atoms with E-state index in [1.54, 1.807) is 20.4 Å². The Balaban J connectivity index is 1.51. The number of methoxy groups -OCH3 is 2. The first kappa shape index (κ1) is 24.4. The van der Waals surface area contributed by atoms with Crippen molar-refractivity contribution >= 4 is 51.4 Å². The van der Waals surface area contributed by atoms with E-state index in [1.807, 2.05) is 53.0 Å². The molecule has 0 spiro atoms. The molecule has 0 saturated heterocycles. The molecular formula is C24H26ClN5O3S. The third-order valence-corrected chi connectivity index (χ3v) is 6.70. The van der Waals surface area contributed by atoms with Crippen LogP contribution in [0.2, 0.25) is 5.02 Å². The lowest BCUT2D eigenvalue weighted by molar-refractivity contribution is -0.113. The number of fused-ring (bicyclic) bond motifs is 1. The van der Waals surface area contributed by atoms with Gasteiger partial charge < -0.3 is 14.4 Å². The molecular weight excluding hydrogens is 474 g/mol. The van der Waals surface area contributed by atoms with E-state index in [9.17, 15) is 4.79 Å². The van der Waals surface area contributed by atoms with E-state index in [1.165, 1.54) is 11.8 Å². The summed E-state index contributed by atoms with van der Waals surface area (Å²) in [6.07, 6.45) is 5.47. The molecule has 0 N–H and O–H groups in total. The van der Waals surface area contributed by atoms with Gasteiger partial charge in [0, 0.05) is 38.9 Å². The van der Waals surface area contributed by atoms with E-state index < -0.39 is 0 Å². The Kier molecular flexibility index (Phi) is 7.99. The fourth-order valence-corrected chi connectivity index (χ4v) is 4.78. The first-order chi connectivity index (χ1) is 16.5. The number of benzene rings is 1. The summed E-state index contributed by atoms with van der Waals surface area (Å²) in [5.74, 6) is -0.240. The van der Waals surface area contributed by atoms with Crippen LogP contribution in [0.5, 0.6) is 0 Å². The van der Waals surface area contributed by atoms with E-state index in [0.717, 1.165) is 27.7 Å². The van der Waals surface area contributed by atoms with E-state index >= 15 is 0 Å². The minimum absolute atomic E-state index is 0.240. The fraction of sp³-hybridized carbons (Fsp3) is 0.333. The summed E-state index contributed by atoms with van der Waals surface area (Å²) < 4.78 is 12.2. The maximum Gasteiger partial charge on any atom is 0.286 e. The van der Waals surface area contributed by atoms with Crippen molar-refractivity contribution in [3.8, 4) is 0 Å². The lowest BCUT2D eigenvalue weighted by atomic mass is 10.1. The molecule has 4 rings (SSSR count). The summed E-state index contributed by atoms with van der Waals surface area (Å²) in [7, 11) is 3.30. The first-order valence-corrected chi connectivity index (χ1v) is 12.0. The number of aliphatic imine (C=N–C) groups is 1. The second kappa shape index (κ2) is 11.1. The van der Waals surface area contributed by atoms with E-state index in [4.69, 9.17) is 21.1 Å². The molecule has 0 radical (unpaired) electrons. The van der Waals surface area contributed by atoms with Gasteiger partial charge in [-0.15, -0.1) is 0 Å². The number of aryl methyl sites for hydroxylation is 1. The molecule has 3 heterocycles. The van der Waals surface area contributed by atoms with Crippen LogP contribution in [-0.2, 0) is 20.8 Å². The molecule has 0 aliphatic carbocycles. The number of pyridine rings is 1. The average Bonchev–Trinajstić information content (AvgIpc) is 3.38. The minimum Gasteiger partial charge on any atom is -0.383 e. The Labute approximate surface area is 207 Å². The first-order valence-electron chi connectivity index (χ1n) is 10.8. The average molecular weight is 500 g/mol. The SMILES string of the molecule is COCCN(CCOC)C1=NC(=O)/C(=C/c2ccc3c(cnn3Cc3ncc(C)cc3Cl)c2)S1. The smallest absolute Gasteiger partial charge is 0.286 e. The van der Waals surface area contributed by atoms with Crippen molar-refractivity contribution in [2.24, 2.45) is 4.99 Å². The van der Waals surface area contributed by atoms with Gasteiger partial charge in [-0.25, -0.2) is 0 Å². The molecule has 0 fully saturated rings. The van der Waals surface area contributed by atoms with Crippen LogP contribution in [0.15, 0.2) is 46.6 Å². The van der Waals surface area contributed by atoms with Crippen LogP contribution in [0.1, 0.15) is 16.8 Å². The summed E-state index contributed by atoms with van der Waals surface area (Å²) >= 11 is 7.72. The topological polar surface area (TPSA) is 81.8 Å². The number of amidine groups is 1. The van der Waals surface area contributed by atoms with Gasteiger partial charge in [0.2, 0.25) is 0 Å². The Bertz CT molecular complexity index is 1250. The Hall–Kier alpha value is -2.72. The summed E-state index contributed by atoms with van der Waals surface area (Å²) in [6, 6.07) is 7.87. The van der Waals surface area contributed by atoms with Gasteiger partial charge in [-0.1, -0.05) is 17.7 Å². The Morgan fingerprint density at radius 3 is 2.62 bits per heavy atom. The number of hydrogen-bond acceptors (Lipinski definition) is 7. The van der Waals surface area contributed by atoms with Gasteiger partial charge in [-0.05, 0) is 54.1 Å². The summed E-state index contributed by atoms with van der Waals surface area (Å²) in [4.78, 5) is 23.8. The number of hydrogen-bond donors (Lipinski definition) is 0. The van der Waals surface area contributed by atoms with Gasteiger partial charge in [-0.3, -0.25) is 14.5 Å². The lowest BCUT2D eigenvalue weighted by Gasteiger charge is -2.22. The fourth-order valence-electron chi connectivity index (χ4n) is 3.53. The van der Waals surface area contributed by atoms with Crippen LogP contribution >= 0.6 is 23.4 Å². The van der Waals surface area contributed by atoms with Crippen molar-refractivity contribution in [2.75, 3.05) is 40.5 Å². The van der Waals surface area contributed by atoms with Gasteiger partial charge >= 0.3 is 0 Å². The maximum absolute atomic E-state index is 12.6. The third kappa shape index (κ3) is 5.67. The highest BCUT2D eigenvalue weighted by Crippen LogP contribution is 2.31. The molecule has 10 heteroatoms.